The van der Waals surface area contributed by atoms with Gasteiger partial charge in [-0.2, -0.15) is 5.10 Å². The first-order valence-electron chi connectivity index (χ1n) is 8.14. The number of rotatable bonds is 5. The van der Waals surface area contributed by atoms with Gasteiger partial charge in [0.05, 0.1) is 12.6 Å². The van der Waals surface area contributed by atoms with Crippen LogP contribution in [0.1, 0.15) is 31.2 Å². The quantitative estimate of drug-likeness (QED) is 0.851. The van der Waals surface area contributed by atoms with Crippen LogP contribution in [0.25, 0.3) is 0 Å². The third kappa shape index (κ3) is 3.75. The van der Waals surface area contributed by atoms with Gasteiger partial charge in [-0.3, -0.25) is 9.48 Å². The van der Waals surface area contributed by atoms with E-state index in [0.717, 1.165) is 32.4 Å². The highest BCUT2D eigenvalue weighted by Gasteiger charge is 2.26. The fraction of sp³-hybridized carbons (Fsp3) is 0.444. The highest BCUT2D eigenvalue weighted by molar-refractivity contribution is 5.76. The van der Waals surface area contributed by atoms with Gasteiger partial charge in [0, 0.05) is 25.4 Å². The summed E-state index contributed by atoms with van der Waals surface area (Å²) in [6.07, 6.45) is 8.59. The summed E-state index contributed by atoms with van der Waals surface area (Å²) in [6.45, 7) is 1.70. The summed E-state index contributed by atoms with van der Waals surface area (Å²) in [5, 5.41) is 4.28. The number of aryl methyl sites for hydroxylation is 1. The minimum absolute atomic E-state index is 0.278. The van der Waals surface area contributed by atoms with Crippen molar-refractivity contribution in [2.75, 3.05) is 6.54 Å². The number of hydrogen-bond donors (Lipinski definition) is 0. The molecule has 0 unspecified atom stereocenters. The van der Waals surface area contributed by atoms with Crippen LogP contribution >= 0.6 is 0 Å². The summed E-state index contributed by atoms with van der Waals surface area (Å²) < 4.78 is 1.94. The van der Waals surface area contributed by atoms with Crippen molar-refractivity contribution >= 4 is 5.91 Å². The minimum Gasteiger partial charge on any atom is -0.338 e. The number of likely N-dealkylation sites (tertiary alicyclic amines) is 1. The lowest BCUT2D eigenvalue weighted by Gasteiger charge is -2.36. The second-order valence-electron chi connectivity index (χ2n) is 5.95. The molecule has 0 saturated carbocycles. The molecule has 1 aromatic heterocycles. The molecule has 0 aliphatic carbocycles. The first-order chi connectivity index (χ1) is 10.8. The molecule has 2 heterocycles. The predicted molar refractivity (Wildman–Crippen MR) is 86.3 cm³/mol. The lowest BCUT2D eigenvalue weighted by Crippen LogP contribution is -2.46. The van der Waals surface area contributed by atoms with Crippen LogP contribution in [0.4, 0.5) is 0 Å². The SMILES string of the molecule is O=C(CCc1ccccc1)N1CCCC[C@@H]1Cn1cccn1. The van der Waals surface area contributed by atoms with Gasteiger partial charge in [-0.1, -0.05) is 30.3 Å². The Morgan fingerprint density at radius 2 is 2.05 bits per heavy atom. The molecule has 22 heavy (non-hydrogen) atoms. The normalized spacial score (nSPS) is 18.4. The second-order valence-corrected chi connectivity index (χ2v) is 5.95. The molecule has 0 N–H and O–H groups in total. The van der Waals surface area contributed by atoms with Crippen LogP contribution in [0.15, 0.2) is 48.8 Å². The van der Waals surface area contributed by atoms with Crippen molar-refractivity contribution in [2.24, 2.45) is 0 Å². The first-order valence-corrected chi connectivity index (χ1v) is 8.14. The van der Waals surface area contributed by atoms with E-state index in [2.05, 4.69) is 22.1 Å². The van der Waals surface area contributed by atoms with Gasteiger partial charge in [0.1, 0.15) is 0 Å². The summed E-state index contributed by atoms with van der Waals surface area (Å²) in [6, 6.07) is 12.5. The lowest BCUT2D eigenvalue weighted by molar-refractivity contribution is -0.135. The van der Waals surface area contributed by atoms with E-state index in [9.17, 15) is 4.79 Å². The average molecular weight is 297 g/mol. The number of aromatic nitrogens is 2. The van der Waals surface area contributed by atoms with Crippen molar-refractivity contribution in [3.8, 4) is 0 Å². The van der Waals surface area contributed by atoms with Crippen molar-refractivity contribution in [1.82, 2.24) is 14.7 Å². The summed E-state index contributed by atoms with van der Waals surface area (Å²) in [5.74, 6) is 0.278. The molecule has 1 fully saturated rings. The Bertz CT molecular complexity index is 580. The van der Waals surface area contributed by atoms with Crippen molar-refractivity contribution < 1.29 is 4.79 Å². The standard InChI is InChI=1S/C18H23N3O/c22-18(11-10-16-7-2-1-3-8-16)21-14-5-4-9-17(21)15-20-13-6-12-19-20/h1-3,6-8,12-13,17H,4-5,9-11,14-15H2/t17-/m1/s1. The van der Waals surface area contributed by atoms with Crippen LogP contribution in [-0.2, 0) is 17.8 Å². The fourth-order valence-corrected chi connectivity index (χ4v) is 3.18. The summed E-state index contributed by atoms with van der Waals surface area (Å²) >= 11 is 0. The van der Waals surface area contributed by atoms with Gasteiger partial charge in [0.15, 0.2) is 0 Å². The summed E-state index contributed by atoms with van der Waals surface area (Å²) in [7, 11) is 0. The van der Waals surface area contributed by atoms with Crippen molar-refractivity contribution in [3.05, 3.63) is 54.4 Å². The van der Waals surface area contributed by atoms with Gasteiger partial charge in [-0.25, -0.2) is 0 Å². The molecule has 1 atom stereocenters. The number of carbonyl (C=O) groups is 1. The third-order valence-electron chi connectivity index (χ3n) is 4.37. The average Bonchev–Trinajstić information content (AvgIpc) is 3.07. The maximum Gasteiger partial charge on any atom is 0.223 e. The zero-order valence-corrected chi connectivity index (χ0v) is 12.9. The van der Waals surface area contributed by atoms with Crippen LogP contribution in [0.2, 0.25) is 0 Å². The highest BCUT2D eigenvalue weighted by Crippen LogP contribution is 2.20. The number of nitrogens with zero attached hydrogens (tertiary/aromatic N) is 3. The number of piperidine rings is 1. The fourth-order valence-electron chi connectivity index (χ4n) is 3.18. The molecule has 4 nitrogen and oxygen atoms in total. The monoisotopic (exact) mass is 297 g/mol. The zero-order chi connectivity index (χ0) is 15.2. The molecule has 0 bridgehead atoms. The van der Waals surface area contributed by atoms with Gasteiger partial charge in [-0.05, 0) is 37.3 Å². The summed E-state index contributed by atoms with van der Waals surface area (Å²) in [4.78, 5) is 14.7. The topological polar surface area (TPSA) is 38.1 Å². The number of carbonyl (C=O) groups excluding carboxylic acids is 1. The van der Waals surface area contributed by atoms with Crippen molar-refractivity contribution in [1.29, 1.82) is 0 Å². The zero-order valence-electron chi connectivity index (χ0n) is 12.9. The molecule has 1 aliphatic heterocycles. The Kier molecular flexibility index (Phi) is 4.88. The van der Waals surface area contributed by atoms with Crippen LogP contribution in [0.5, 0.6) is 0 Å². The number of benzene rings is 1. The molecule has 0 spiro atoms. The smallest absolute Gasteiger partial charge is 0.223 e. The van der Waals surface area contributed by atoms with Crippen molar-refractivity contribution in [3.63, 3.8) is 0 Å². The number of hydrogen-bond acceptors (Lipinski definition) is 2. The van der Waals surface area contributed by atoms with E-state index in [1.807, 2.05) is 35.1 Å². The molecular formula is C18H23N3O. The van der Waals surface area contributed by atoms with Crippen LogP contribution in [0.3, 0.4) is 0 Å². The molecule has 1 aliphatic rings. The van der Waals surface area contributed by atoms with E-state index in [1.54, 1.807) is 6.20 Å². The van der Waals surface area contributed by atoms with E-state index >= 15 is 0 Å². The molecule has 1 saturated heterocycles. The predicted octanol–water partition coefficient (Wildman–Crippen LogP) is 2.90. The van der Waals surface area contributed by atoms with E-state index in [1.165, 1.54) is 12.0 Å². The first kappa shape index (κ1) is 14.8. The van der Waals surface area contributed by atoms with E-state index in [0.29, 0.717) is 6.42 Å². The van der Waals surface area contributed by atoms with Gasteiger partial charge in [0.2, 0.25) is 5.91 Å². The highest BCUT2D eigenvalue weighted by atomic mass is 16.2. The maximum absolute atomic E-state index is 12.6. The molecule has 4 heteroatoms. The Labute approximate surface area is 131 Å². The van der Waals surface area contributed by atoms with Crippen LogP contribution < -0.4 is 0 Å². The number of amides is 1. The summed E-state index contributed by atoms with van der Waals surface area (Å²) in [5.41, 5.74) is 1.23. The van der Waals surface area contributed by atoms with E-state index in [4.69, 9.17) is 0 Å². The third-order valence-corrected chi connectivity index (χ3v) is 4.37. The Morgan fingerprint density at radius 3 is 2.82 bits per heavy atom. The molecule has 1 amide bonds. The molecule has 3 rings (SSSR count). The second kappa shape index (κ2) is 7.25. The van der Waals surface area contributed by atoms with Gasteiger partial charge < -0.3 is 4.90 Å². The van der Waals surface area contributed by atoms with Gasteiger partial charge in [0.25, 0.3) is 0 Å². The Balaban J connectivity index is 1.58. The molecule has 2 aromatic rings. The van der Waals surface area contributed by atoms with Crippen LogP contribution in [0, 0.1) is 0 Å². The Hall–Kier alpha value is -2.10. The molecule has 0 radical (unpaired) electrons. The van der Waals surface area contributed by atoms with Crippen LogP contribution in [-0.4, -0.2) is 33.2 Å². The lowest BCUT2D eigenvalue weighted by atomic mass is 10.0. The maximum atomic E-state index is 12.6. The minimum atomic E-state index is 0.278. The van der Waals surface area contributed by atoms with E-state index < -0.39 is 0 Å². The largest absolute Gasteiger partial charge is 0.338 e. The van der Waals surface area contributed by atoms with Crippen molar-refractivity contribution in [2.45, 2.75) is 44.7 Å². The molecule has 1 aromatic carbocycles. The Morgan fingerprint density at radius 1 is 1.18 bits per heavy atom. The molecular weight excluding hydrogens is 274 g/mol. The molecule has 116 valence electrons. The van der Waals surface area contributed by atoms with Gasteiger partial charge >= 0.3 is 0 Å². The van der Waals surface area contributed by atoms with Gasteiger partial charge in [-0.15, -0.1) is 0 Å². The van der Waals surface area contributed by atoms with E-state index in [-0.39, 0.29) is 11.9 Å².